The van der Waals surface area contributed by atoms with Crippen LogP contribution < -0.4 is 10.9 Å². The highest BCUT2D eigenvalue weighted by Gasteiger charge is 2.17. The second kappa shape index (κ2) is 9.61. The maximum absolute atomic E-state index is 12.9. The molecule has 0 saturated heterocycles. The standard InChI is InChI=1S/C27H27N7O2/c1-17-12-13-21(14-18(17)2)33-25-22(16-28-33)26(36)31-27(30-25)34-23(15-19(3)32-34)29-24(35)11-7-10-20-8-5-4-6-9-20/h4-6,8-9,12-16H,7,10-11H2,1-3H3,(H,29,35)(H,30,31,36). The number of carbonyl (C=O) groups is 1. The van der Waals surface area contributed by atoms with Crippen molar-refractivity contribution in [1.82, 2.24) is 29.5 Å². The molecule has 9 heteroatoms. The zero-order valence-electron chi connectivity index (χ0n) is 20.4. The third-order valence-electron chi connectivity index (χ3n) is 6.17. The molecule has 0 radical (unpaired) electrons. The molecule has 1 amide bonds. The van der Waals surface area contributed by atoms with E-state index in [9.17, 15) is 9.59 Å². The van der Waals surface area contributed by atoms with E-state index in [0.29, 0.717) is 29.0 Å². The minimum Gasteiger partial charge on any atom is -0.310 e. The average molecular weight is 482 g/mol. The van der Waals surface area contributed by atoms with E-state index in [1.54, 1.807) is 10.7 Å². The summed E-state index contributed by atoms with van der Waals surface area (Å²) in [5, 5.41) is 12.1. The molecule has 5 aromatic rings. The Morgan fingerprint density at radius 3 is 2.58 bits per heavy atom. The lowest BCUT2D eigenvalue weighted by atomic mass is 10.1. The summed E-state index contributed by atoms with van der Waals surface area (Å²) in [6.07, 6.45) is 3.41. The van der Waals surface area contributed by atoms with Crippen LogP contribution in [0.25, 0.3) is 22.7 Å². The monoisotopic (exact) mass is 481 g/mol. The first-order chi connectivity index (χ1) is 17.4. The summed E-state index contributed by atoms with van der Waals surface area (Å²) in [5.74, 6) is 0.512. The number of nitrogens with zero attached hydrogens (tertiary/aromatic N) is 5. The molecule has 2 aromatic carbocycles. The van der Waals surface area contributed by atoms with Crippen LogP contribution >= 0.6 is 0 Å². The van der Waals surface area contributed by atoms with Crippen LogP contribution in [0.3, 0.4) is 0 Å². The molecule has 0 spiro atoms. The van der Waals surface area contributed by atoms with Crippen LogP contribution in [0.1, 0.15) is 35.2 Å². The van der Waals surface area contributed by atoms with E-state index in [-0.39, 0.29) is 17.4 Å². The number of aryl methyl sites for hydroxylation is 4. The number of aromatic nitrogens is 6. The molecule has 0 saturated carbocycles. The Kier molecular flexibility index (Phi) is 6.20. The van der Waals surface area contributed by atoms with Crippen molar-refractivity contribution < 1.29 is 4.79 Å². The Labute approximate surface area is 207 Å². The van der Waals surface area contributed by atoms with E-state index in [1.807, 2.05) is 57.2 Å². The smallest absolute Gasteiger partial charge is 0.263 e. The fraction of sp³-hybridized carbons (Fsp3) is 0.222. The van der Waals surface area contributed by atoms with E-state index in [1.165, 1.54) is 16.4 Å². The molecular formula is C27H27N7O2. The summed E-state index contributed by atoms with van der Waals surface area (Å²) < 4.78 is 3.09. The van der Waals surface area contributed by atoms with Gasteiger partial charge < -0.3 is 5.32 Å². The number of benzene rings is 2. The first-order valence-electron chi connectivity index (χ1n) is 11.9. The zero-order chi connectivity index (χ0) is 25.2. The lowest BCUT2D eigenvalue weighted by molar-refractivity contribution is -0.116. The molecule has 5 rings (SSSR count). The van der Waals surface area contributed by atoms with E-state index < -0.39 is 0 Å². The summed E-state index contributed by atoms with van der Waals surface area (Å²) in [6.45, 7) is 5.88. The molecule has 36 heavy (non-hydrogen) atoms. The number of anilines is 1. The van der Waals surface area contributed by atoms with Gasteiger partial charge in [0.2, 0.25) is 11.9 Å². The van der Waals surface area contributed by atoms with Crippen LogP contribution in [-0.2, 0) is 11.2 Å². The number of rotatable bonds is 7. The maximum atomic E-state index is 12.9. The summed E-state index contributed by atoms with van der Waals surface area (Å²) in [7, 11) is 0. The number of fused-ring (bicyclic) bond motifs is 1. The zero-order valence-corrected chi connectivity index (χ0v) is 20.4. The second-order valence-corrected chi connectivity index (χ2v) is 8.92. The SMILES string of the molecule is Cc1cc(NC(=O)CCCc2ccccc2)n(-c2nc3c(cnn3-c3ccc(C)c(C)c3)c(=O)[nH]2)n1. The molecule has 182 valence electrons. The van der Waals surface area contributed by atoms with Gasteiger partial charge in [-0.3, -0.25) is 14.6 Å². The highest BCUT2D eigenvalue weighted by Crippen LogP contribution is 2.20. The van der Waals surface area contributed by atoms with Gasteiger partial charge in [-0.2, -0.15) is 19.9 Å². The number of carbonyl (C=O) groups excluding carboxylic acids is 1. The number of hydrogen-bond acceptors (Lipinski definition) is 5. The van der Waals surface area contributed by atoms with Gasteiger partial charge in [-0.05, 0) is 62.4 Å². The third-order valence-corrected chi connectivity index (χ3v) is 6.17. The van der Waals surface area contributed by atoms with Crippen LogP contribution in [0.2, 0.25) is 0 Å². The first-order valence-corrected chi connectivity index (χ1v) is 11.9. The van der Waals surface area contributed by atoms with E-state index in [4.69, 9.17) is 0 Å². The van der Waals surface area contributed by atoms with Gasteiger partial charge in [0, 0.05) is 12.5 Å². The van der Waals surface area contributed by atoms with Crippen LogP contribution in [0.5, 0.6) is 0 Å². The summed E-state index contributed by atoms with van der Waals surface area (Å²) in [6, 6.07) is 17.8. The normalized spacial score (nSPS) is 11.2. The van der Waals surface area contributed by atoms with Gasteiger partial charge in [-0.15, -0.1) is 0 Å². The number of H-pyrrole nitrogens is 1. The van der Waals surface area contributed by atoms with Gasteiger partial charge in [-0.25, -0.2) is 4.68 Å². The van der Waals surface area contributed by atoms with Crippen molar-refractivity contribution in [3.05, 3.63) is 93.5 Å². The Hall–Kier alpha value is -4.53. The minimum atomic E-state index is -0.335. The van der Waals surface area contributed by atoms with Gasteiger partial charge in [0.25, 0.3) is 5.56 Å². The van der Waals surface area contributed by atoms with Crippen molar-refractivity contribution in [2.45, 2.75) is 40.0 Å². The molecule has 0 aliphatic carbocycles. The van der Waals surface area contributed by atoms with Gasteiger partial charge in [-0.1, -0.05) is 36.4 Å². The largest absolute Gasteiger partial charge is 0.310 e. The lowest BCUT2D eigenvalue weighted by Gasteiger charge is -2.09. The topological polar surface area (TPSA) is 110 Å². The molecule has 0 aliphatic heterocycles. The van der Waals surface area contributed by atoms with Crippen molar-refractivity contribution >= 4 is 22.8 Å². The summed E-state index contributed by atoms with van der Waals surface area (Å²) >= 11 is 0. The molecule has 0 fully saturated rings. The van der Waals surface area contributed by atoms with Gasteiger partial charge >= 0.3 is 0 Å². The van der Waals surface area contributed by atoms with Crippen molar-refractivity contribution in [1.29, 1.82) is 0 Å². The van der Waals surface area contributed by atoms with Crippen molar-refractivity contribution in [3.8, 4) is 11.6 Å². The Bertz CT molecular complexity index is 1610. The molecule has 0 aliphatic rings. The molecular weight excluding hydrogens is 454 g/mol. The number of hydrogen-bond donors (Lipinski definition) is 2. The molecule has 0 unspecified atom stereocenters. The van der Waals surface area contributed by atoms with Gasteiger partial charge in [0.1, 0.15) is 11.2 Å². The fourth-order valence-electron chi connectivity index (χ4n) is 4.11. The Morgan fingerprint density at radius 2 is 1.81 bits per heavy atom. The number of amides is 1. The van der Waals surface area contributed by atoms with Crippen molar-refractivity contribution in [2.75, 3.05) is 5.32 Å². The molecule has 0 bridgehead atoms. The quantitative estimate of drug-likeness (QED) is 0.362. The molecule has 2 N–H and O–H groups in total. The predicted molar refractivity (Wildman–Crippen MR) is 139 cm³/mol. The van der Waals surface area contributed by atoms with Crippen molar-refractivity contribution in [3.63, 3.8) is 0 Å². The van der Waals surface area contributed by atoms with Crippen LogP contribution in [0.15, 0.2) is 65.6 Å². The van der Waals surface area contributed by atoms with Crippen LogP contribution in [0.4, 0.5) is 5.82 Å². The van der Waals surface area contributed by atoms with E-state index >= 15 is 0 Å². The fourth-order valence-corrected chi connectivity index (χ4v) is 4.11. The highest BCUT2D eigenvalue weighted by atomic mass is 16.1. The molecule has 0 atom stereocenters. The number of nitrogens with one attached hydrogen (secondary N) is 2. The second-order valence-electron chi connectivity index (χ2n) is 8.92. The van der Waals surface area contributed by atoms with Gasteiger partial charge in [0.05, 0.1) is 17.6 Å². The Morgan fingerprint density at radius 1 is 1.00 bits per heavy atom. The molecule has 3 heterocycles. The lowest BCUT2D eigenvalue weighted by Crippen LogP contribution is -2.19. The maximum Gasteiger partial charge on any atom is 0.263 e. The number of aromatic amines is 1. The Balaban J connectivity index is 1.42. The highest BCUT2D eigenvalue weighted by molar-refractivity contribution is 5.90. The third kappa shape index (κ3) is 4.68. The minimum absolute atomic E-state index is 0.129. The summed E-state index contributed by atoms with van der Waals surface area (Å²) in [4.78, 5) is 33.0. The summed E-state index contributed by atoms with van der Waals surface area (Å²) in [5.41, 5.74) is 5.03. The van der Waals surface area contributed by atoms with E-state index in [0.717, 1.165) is 29.7 Å². The van der Waals surface area contributed by atoms with E-state index in [2.05, 4.69) is 37.6 Å². The average Bonchev–Trinajstić information content (AvgIpc) is 3.45. The van der Waals surface area contributed by atoms with Gasteiger partial charge in [0.15, 0.2) is 5.65 Å². The molecule has 9 nitrogen and oxygen atoms in total. The first kappa shape index (κ1) is 23.2. The molecule has 3 aromatic heterocycles. The van der Waals surface area contributed by atoms with Crippen molar-refractivity contribution in [2.24, 2.45) is 0 Å². The predicted octanol–water partition coefficient (Wildman–Crippen LogP) is 4.18. The van der Waals surface area contributed by atoms with Crippen LogP contribution in [-0.4, -0.2) is 35.4 Å². The van der Waals surface area contributed by atoms with Crippen LogP contribution in [0, 0.1) is 20.8 Å².